The summed E-state index contributed by atoms with van der Waals surface area (Å²) in [6.07, 6.45) is -1.11. The van der Waals surface area contributed by atoms with E-state index >= 15 is 0 Å². The summed E-state index contributed by atoms with van der Waals surface area (Å²) in [5.74, 6) is -1.33. The van der Waals surface area contributed by atoms with Gasteiger partial charge in [-0.3, -0.25) is 4.79 Å². The molecule has 2 aromatic rings. The summed E-state index contributed by atoms with van der Waals surface area (Å²) >= 11 is 0. The number of phenolic OH excluding ortho intramolecular Hbond substituents is 1. The van der Waals surface area contributed by atoms with Gasteiger partial charge < -0.3 is 19.9 Å². The molecule has 0 aliphatic carbocycles. The van der Waals surface area contributed by atoms with Gasteiger partial charge in [-0.05, 0) is 43.3 Å². The minimum absolute atomic E-state index is 0.106. The van der Waals surface area contributed by atoms with Crippen molar-refractivity contribution in [1.29, 1.82) is 5.26 Å². The Morgan fingerprint density at radius 3 is 2.68 bits per heavy atom. The van der Waals surface area contributed by atoms with Gasteiger partial charge in [-0.2, -0.15) is 5.26 Å². The van der Waals surface area contributed by atoms with E-state index in [2.05, 4.69) is 5.32 Å². The fourth-order valence-corrected chi connectivity index (χ4v) is 1.99. The number of esters is 1. The molecule has 1 unspecified atom stereocenters. The molecule has 0 aliphatic heterocycles. The molecule has 0 spiro atoms. The Bertz CT molecular complexity index is 842. The zero-order chi connectivity index (χ0) is 18.4. The number of hydrogen-bond donors (Lipinski definition) is 2. The van der Waals surface area contributed by atoms with Gasteiger partial charge in [-0.1, -0.05) is 6.07 Å². The molecular formula is C18H16N2O5. The zero-order valence-electron chi connectivity index (χ0n) is 13.6. The number of phenols is 1. The van der Waals surface area contributed by atoms with E-state index in [1.54, 1.807) is 18.2 Å². The molecule has 7 heteroatoms. The highest BCUT2D eigenvalue weighted by atomic mass is 16.5. The lowest BCUT2D eigenvalue weighted by Crippen LogP contribution is -2.30. The maximum Gasteiger partial charge on any atom is 0.342 e. The fourth-order valence-electron chi connectivity index (χ4n) is 1.99. The lowest BCUT2D eigenvalue weighted by molar-refractivity contribution is -0.123. The minimum atomic E-state index is -1.11. The number of nitrogens with zero attached hydrogens (tertiary/aromatic N) is 1. The summed E-state index contributed by atoms with van der Waals surface area (Å²) in [7, 11) is 1.42. The minimum Gasteiger partial charge on any atom is -0.507 e. The van der Waals surface area contributed by atoms with Gasteiger partial charge in [-0.15, -0.1) is 0 Å². The van der Waals surface area contributed by atoms with Crippen molar-refractivity contribution >= 4 is 17.6 Å². The number of aromatic hydroxyl groups is 1. The number of amides is 1. The standard InChI is InChI=1S/C18H16N2O5/c1-11(17(22)20-13-5-3-4-12(8-13)10-19)25-18(23)15-9-14(24-2)6-7-16(15)21/h3-9,11,21H,1-2H3,(H,20,22). The van der Waals surface area contributed by atoms with Crippen LogP contribution in [-0.2, 0) is 9.53 Å². The van der Waals surface area contributed by atoms with E-state index in [4.69, 9.17) is 14.7 Å². The number of ether oxygens (including phenoxy) is 2. The highest BCUT2D eigenvalue weighted by Gasteiger charge is 2.21. The van der Waals surface area contributed by atoms with E-state index in [9.17, 15) is 14.7 Å². The van der Waals surface area contributed by atoms with Crippen LogP contribution in [0.5, 0.6) is 11.5 Å². The first-order valence-corrected chi connectivity index (χ1v) is 7.33. The van der Waals surface area contributed by atoms with Crippen LogP contribution in [0.25, 0.3) is 0 Å². The molecular weight excluding hydrogens is 324 g/mol. The van der Waals surface area contributed by atoms with E-state index in [-0.39, 0.29) is 11.3 Å². The van der Waals surface area contributed by atoms with E-state index in [0.717, 1.165) is 0 Å². The van der Waals surface area contributed by atoms with Crippen molar-refractivity contribution < 1.29 is 24.2 Å². The van der Waals surface area contributed by atoms with Gasteiger partial charge in [0.15, 0.2) is 6.10 Å². The Hall–Kier alpha value is -3.53. The molecule has 0 fully saturated rings. The summed E-state index contributed by atoms with van der Waals surface area (Å²) in [4.78, 5) is 24.3. The molecule has 0 saturated heterocycles. The molecule has 7 nitrogen and oxygen atoms in total. The van der Waals surface area contributed by atoms with Crippen molar-refractivity contribution in [3.63, 3.8) is 0 Å². The molecule has 2 rings (SSSR count). The quantitative estimate of drug-likeness (QED) is 0.809. The van der Waals surface area contributed by atoms with Gasteiger partial charge in [0, 0.05) is 5.69 Å². The summed E-state index contributed by atoms with van der Waals surface area (Å²) in [6, 6.07) is 12.4. The molecule has 0 radical (unpaired) electrons. The normalized spacial score (nSPS) is 11.1. The number of nitrogens with one attached hydrogen (secondary N) is 1. The number of hydrogen-bond acceptors (Lipinski definition) is 6. The molecule has 0 aromatic heterocycles. The first-order valence-electron chi connectivity index (χ1n) is 7.33. The summed E-state index contributed by atoms with van der Waals surface area (Å²) in [5, 5.41) is 21.2. The van der Waals surface area contributed by atoms with Crippen molar-refractivity contribution in [1.82, 2.24) is 0 Å². The van der Waals surface area contributed by atoms with Crippen LogP contribution in [0.2, 0.25) is 0 Å². The SMILES string of the molecule is COc1ccc(O)c(C(=O)OC(C)C(=O)Nc2cccc(C#N)c2)c1. The number of rotatable bonds is 5. The molecule has 0 saturated carbocycles. The molecule has 0 aliphatic rings. The molecule has 0 heterocycles. The lowest BCUT2D eigenvalue weighted by Gasteiger charge is -2.14. The van der Waals surface area contributed by atoms with Crippen molar-refractivity contribution in [2.75, 3.05) is 12.4 Å². The average Bonchev–Trinajstić information content (AvgIpc) is 2.62. The van der Waals surface area contributed by atoms with Gasteiger partial charge in [0.05, 0.1) is 18.7 Å². The number of benzene rings is 2. The van der Waals surface area contributed by atoms with Crippen LogP contribution in [0.1, 0.15) is 22.8 Å². The second-order valence-corrected chi connectivity index (χ2v) is 5.11. The topological polar surface area (TPSA) is 109 Å². The Labute approximate surface area is 144 Å². The second-order valence-electron chi connectivity index (χ2n) is 5.11. The molecule has 1 atom stereocenters. The van der Waals surface area contributed by atoms with Crippen molar-refractivity contribution in [2.24, 2.45) is 0 Å². The first-order chi connectivity index (χ1) is 11.9. The first kappa shape index (κ1) is 17.8. The highest BCUT2D eigenvalue weighted by Crippen LogP contribution is 2.24. The third kappa shape index (κ3) is 4.48. The monoisotopic (exact) mass is 340 g/mol. The molecule has 128 valence electrons. The van der Waals surface area contributed by atoms with Crippen LogP contribution in [0.15, 0.2) is 42.5 Å². The van der Waals surface area contributed by atoms with Crippen LogP contribution in [-0.4, -0.2) is 30.2 Å². The third-order valence-electron chi connectivity index (χ3n) is 3.34. The summed E-state index contributed by atoms with van der Waals surface area (Å²) < 4.78 is 10.1. The van der Waals surface area contributed by atoms with E-state index in [0.29, 0.717) is 17.0 Å². The van der Waals surface area contributed by atoms with Gasteiger partial charge in [0.25, 0.3) is 5.91 Å². The molecule has 25 heavy (non-hydrogen) atoms. The Balaban J connectivity index is 2.05. The summed E-state index contributed by atoms with van der Waals surface area (Å²) in [6.45, 7) is 1.40. The second kappa shape index (κ2) is 7.84. The van der Waals surface area contributed by atoms with Crippen LogP contribution < -0.4 is 10.1 Å². The number of methoxy groups -OCH3 is 1. The fraction of sp³-hybridized carbons (Fsp3) is 0.167. The molecule has 2 aromatic carbocycles. The summed E-state index contributed by atoms with van der Waals surface area (Å²) in [5.41, 5.74) is 0.699. The van der Waals surface area contributed by atoms with E-state index in [1.165, 1.54) is 38.3 Å². The highest BCUT2D eigenvalue weighted by molar-refractivity contribution is 5.98. The zero-order valence-corrected chi connectivity index (χ0v) is 13.6. The number of carbonyl (C=O) groups is 2. The smallest absolute Gasteiger partial charge is 0.342 e. The maximum atomic E-state index is 12.1. The van der Waals surface area contributed by atoms with Crippen LogP contribution >= 0.6 is 0 Å². The van der Waals surface area contributed by atoms with Gasteiger partial charge in [0.2, 0.25) is 0 Å². The van der Waals surface area contributed by atoms with Crippen molar-refractivity contribution in [2.45, 2.75) is 13.0 Å². The van der Waals surface area contributed by atoms with Gasteiger partial charge >= 0.3 is 5.97 Å². The van der Waals surface area contributed by atoms with Crippen LogP contribution in [0.3, 0.4) is 0 Å². The molecule has 0 bridgehead atoms. The predicted molar refractivity (Wildman–Crippen MR) is 89.3 cm³/mol. The van der Waals surface area contributed by atoms with Crippen molar-refractivity contribution in [3.8, 4) is 17.6 Å². The van der Waals surface area contributed by atoms with Gasteiger partial charge in [-0.25, -0.2) is 4.79 Å². The van der Waals surface area contributed by atoms with Crippen LogP contribution in [0.4, 0.5) is 5.69 Å². The third-order valence-corrected chi connectivity index (χ3v) is 3.34. The molecule has 2 N–H and O–H groups in total. The predicted octanol–water partition coefficient (Wildman–Crippen LogP) is 2.46. The van der Waals surface area contributed by atoms with Crippen molar-refractivity contribution in [3.05, 3.63) is 53.6 Å². The van der Waals surface area contributed by atoms with Crippen LogP contribution in [0, 0.1) is 11.3 Å². The molecule has 1 amide bonds. The Kier molecular flexibility index (Phi) is 5.58. The van der Waals surface area contributed by atoms with Gasteiger partial charge in [0.1, 0.15) is 17.1 Å². The lowest BCUT2D eigenvalue weighted by atomic mass is 10.2. The maximum absolute atomic E-state index is 12.1. The Morgan fingerprint density at radius 2 is 2.00 bits per heavy atom. The Morgan fingerprint density at radius 1 is 1.24 bits per heavy atom. The number of anilines is 1. The average molecular weight is 340 g/mol. The number of carbonyl (C=O) groups excluding carboxylic acids is 2. The largest absolute Gasteiger partial charge is 0.507 e. The van der Waals surface area contributed by atoms with E-state index in [1.807, 2.05) is 6.07 Å². The number of nitriles is 1. The van der Waals surface area contributed by atoms with E-state index < -0.39 is 18.0 Å².